The van der Waals surface area contributed by atoms with E-state index in [2.05, 4.69) is 12.4 Å². The summed E-state index contributed by atoms with van der Waals surface area (Å²) in [6.07, 6.45) is 2.02. The van der Waals surface area contributed by atoms with Gasteiger partial charge in [0, 0.05) is 24.3 Å². The van der Waals surface area contributed by atoms with Gasteiger partial charge in [0.15, 0.2) is 6.10 Å². The van der Waals surface area contributed by atoms with E-state index in [4.69, 9.17) is 4.74 Å². The summed E-state index contributed by atoms with van der Waals surface area (Å²) in [6, 6.07) is 17.9. The zero-order valence-corrected chi connectivity index (χ0v) is 14.7. The standard InChI is InChI=1S/C21H24N2O2/c1-23-13-11-17(12-14-23)20(15-23)25-21(24)22-19-10-6-5-9-18(19)16-7-3-2-4-8-16/h2-10,17,20H,11-15H2,1H3/p+1/t17?,20-,23?/m0/s1. The second-order valence-corrected chi connectivity index (χ2v) is 7.57. The largest absolute Gasteiger partial charge is 0.440 e. The Bertz CT molecular complexity index is 752. The van der Waals surface area contributed by atoms with E-state index in [1.54, 1.807) is 0 Å². The number of quaternary nitrogens is 1. The summed E-state index contributed by atoms with van der Waals surface area (Å²) in [6.45, 7) is 3.37. The second kappa shape index (κ2) is 6.52. The van der Waals surface area contributed by atoms with Gasteiger partial charge in [-0.2, -0.15) is 0 Å². The number of nitrogens with zero attached hydrogens (tertiary/aromatic N) is 1. The van der Waals surface area contributed by atoms with Crippen LogP contribution in [0.15, 0.2) is 54.6 Å². The highest BCUT2D eigenvalue weighted by Crippen LogP contribution is 2.34. The molecule has 25 heavy (non-hydrogen) atoms. The lowest BCUT2D eigenvalue weighted by Gasteiger charge is -2.49. The molecule has 130 valence electrons. The molecule has 0 aliphatic carbocycles. The predicted octanol–water partition coefficient (Wildman–Crippen LogP) is 4.14. The summed E-state index contributed by atoms with van der Waals surface area (Å²) in [4.78, 5) is 12.5. The Morgan fingerprint density at radius 1 is 1.04 bits per heavy atom. The van der Waals surface area contributed by atoms with E-state index in [9.17, 15) is 4.79 Å². The fraction of sp³-hybridized carbons (Fsp3) is 0.381. The first-order valence-corrected chi connectivity index (χ1v) is 9.09. The van der Waals surface area contributed by atoms with Crippen molar-refractivity contribution in [3.63, 3.8) is 0 Å². The van der Waals surface area contributed by atoms with Gasteiger partial charge in [-0.15, -0.1) is 0 Å². The van der Waals surface area contributed by atoms with Crippen LogP contribution in [0.3, 0.4) is 0 Å². The topological polar surface area (TPSA) is 38.3 Å². The van der Waals surface area contributed by atoms with Crippen LogP contribution < -0.4 is 5.32 Å². The Morgan fingerprint density at radius 2 is 1.72 bits per heavy atom. The number of anilines is 1. The average molecular weight is 337 g/mol. The number of hydrogen-bond acceptors (Lipinski definition) is 2. The Balaban J connectivity index is 1.47. The number of fused-ring (bicyclic) bond motifs is 3. The van der Waals surface area contributed by atoms with E-state index < -0.39 is 0 Å². The minimum absolute atomic E-state index is 0.0383. The number of hydrogen-bond donors (Lipinski definition) is 1. The zero-order chi connectivity index (χ0) is 17.3. The van der Waals surface area contributed by atoms with Crippen molar-refractivity contribution in [3.8, 4) is 11.1 Å². The van der Waals surface area contributed by atoms with Crippen LogP contribution in [0.1, 0.15) is 12.8 Å². The molecule has 0 radical (unpaired) electrons. The molecule has 2 aromatic carbocycles. The number of para-hydroxylation sites is 1. The van der Waals surface area contributed by atoms with Gasteiger partial charge in [0.25, 0.3) is 0 Å². The highest BCUT2D eigenvalue weighted by molar-refractivity contribution is 5.91. The van der Waals surface area contributed by atoms with Gasteiger partial charge in [0.2, 0.25) is 0 Å². The number of amides is 1. The lowest BCUT2D eigenvalue weighted by atomic mass is 9.84. The number of carbonyl (C=O) groups is 1. The summed E-state index contributed by atoms with van der Waals surface area (Å²) in [5.41, 5.74) is 2.88. The van der Waals surface area contributed by atoms with Gasteiger partial charge >= 0.3 is 6.09 Å². The SMILES string of the molecule is C[N+]12CCC(CC1)[C@@H](OC(=O)Nc1ccccc1-c1ccccc1)C2. The van der Waals surface area contributed by atoms with Crippen LogP contribution in [0.4, 0.5) is 10.5 Å². The molecule has 1 atom stereocenters. The molecule has 4 heteroatoms. The molecule has 2 bridgehead atoms. The van der Waals surface area contributed by atoms with Crippen molar-refractivity contribution >= 4 is 11.8 Å². The van der Waals surface area contributed by atoms with Crippen LogP contribution in [0.2, 0.25) is 0 Å². The second-order valence-electron chi connectivity index (χ2n) is 7.57. The molecule has 0 aromatic heterocycles. The van der Waals surface area contributed by atoms with Gasteiger partial charge in [-0.25, -0.2) is 4.79 Å². The zero-order valence-electron chi connectivity index (χ0n) is 14.7. The van der Waals surface area contributed by atoms with Crippen LogP contribution in [-0.4, -0.2) is 43.4 Å². The van der Waals surface area contributed by atoms with Crippen molar-refractivity contribution < 1.29 is 14.0 Å². The van der Waals surface area contributed by atoms with E-state index in [0.717, 1.165) is 40.7 Å². The number of rotatable bonds is 3. The van der Waals surface area contributed by atoms with Crippen LogP contribution in [0, 0.1) is 5.92 Å². The maximum Gasteiger partial charge on any atom is 0.412 e. The normalized spacial score (nSPS) is 27.7. The highest BCUT2D eigenvalue weighted by Gasteiger charge is 2.45. The van der Waals surface area contributed by atoms with Crippen molar-refractivity contribution in [2.24, 2.45) is 5.92 Å². The molecule has 3 saturated heterocycles. The first-order valence-electron chi connectivity index (χ1n) is 9.09. The summed E-state index contributed by atoms with van der Waals surface area (Å²) in [5.74, 6) is 0.523. The summed E-state index contributed by atoms with van der Waals surface area (Å²) in [5, 5.41) is 2.96. The lowest BCUT2D eigenvalue weighted by molar-refractivity contribution is -0.928. The average Bonchev–Trinajstić information content (AvgIpc) is 2.63. The van der Waals surface area contributed by atoms with E-state index in [0.29, 0.717) is 5.92 Å². The van der Waals surface area contributed by atoms with Crippen molar-refractivity contribution in [1.29, 1.82) is 0 Å². The molecule has 1 amide bonds. The summed E-state index contributed by atoms with van der Waals surface area (Å²) < 4.78 is 6.86. The van der Waals surface area contributed by atoms with Crippen LogP contribution >= 0.6 is 0 Å². The van der Waals surface area contributed by atoms with Crippen LogP contribution in [0.5, 0.6) is 0 Å². The molecule has 5 rings (SSSR count). The molecular formula is C21H25N2O2+. The Hall–Kier alpha value is -2.33. The molecule has 2 aromatic rings. The fourth-order valence-electron chi connectivity index (χ4n) is 4.22. The van der Waals surface area contributed by atoms with Crippen molar-refractivity contribution in [2.45, 2.75) is 18.9 Å². The van der Waals surface area contributed by atoms with Crippen LogP contribution in [0.25, 0.3) is 11.1 Å². The van der Waals surface area contributed by atoms with E-state index in [1.165, 1.54) is 13.1 Å². The Labute approximate surface area is 149 Å². The van der Waals surface area contributed by atoms with Crippen molar-refractivity contribution in [2.75, 3.05) is 32.0 Å². The van der Waals surface area contributed by atoms with Gasteiger partial charge in [-0.3, -0.25) is 5.32 Å². The number of carbonyl (C=O) groups excluding carboxylic acids is 1. The third-order valence-corrected chi connectivity index (χ3v) is 5.73. The lowest BCUT2D eigenvalue weighted by Crippen LogP contribution is -2.62. The minimum Gasteiger partial charge on any atom is -0.440 e. The molecule has 3 heterocycles. The Kier molecular flexibility index (Phi) is 4.22. The highest BCUT2D eigenvalue weighted by atomic mass is 16.6. The number of nitrogens with one attached hydrogen (secondary N) is 1. The smallest absolute Gasteiger partial charge is 0.412 e. The molecule has 3 fully saturated rings. The molecule has 0 spiro atoms. The monoisotopic (exact) mass is 337 g/mol. The predicted molar refractivity (Wildman–Crippen MR) is 99.3 cm³/mol. The maximum absolute atomic E-state index is 12.5. The van der Waals surface area contributed by atoms with E-state index in [1.807, 2.05) is 54.6 Å². The van der Waals surface area contributed by atoms with Crippen molar-refractivity contribution in [3.05, 3.63) is 54.6 Å². The molecule has 0 saturated carbocycles. The third kappa shape index (κ3) is 3.40. The van der Waals surface area contributed by atoms with E-state index >= 15 is 0 Å². The van der Waals surface area contributed by atoms with Gasteiger partial charge in [-0.1, -0.05) is 48.5 Å². The number of likely N-dealkylation sites (N-methyl/N-ethyl adjacent to an activating group) is 1. The van der Waals surface area contributed by atoms with Gasteiger partial charge in [-0.05, 0) is 11.6 Å². The number of piperidine rings is 3. The summed E-state index contributed by atoms with van der Waals surface area (Å²) in [7, 11) is 2.27. The number of ether oxygens (including phenoxy) is 1. The Morgan fingerprint density at radius 3 is 2.44 bits per heavy atom. The first kappa shape index (κ1) is 16.2. The molecule has 3 aliphatic rings. The molecular weight excluding hydrogens is 312 g/mol. The van der Waals surface area contributed by atoms with Gasteiger partial charge in [0.1, 0.15) is 6.54 Å². The molecule has 1 N–H and O–H groups in total. The molecule has 0 unspecified atom stereocenters. The first-order chi connectivity index (χ1) is 12.1. The quantitative estimate of drug-likeness (QED) is 0.855. The minimum atomic E-state index is -0.339. The van der Waals surface area contributed by atoms with Crippen molar-refractivity contribution in [1.82, 2.24) is 0 Å². The number of benzene rings is 2. The summed E-state index contributed by atoms with van der Waals surface area (Å²) >= 11 is 0. The third-order valence-electron chi connectivity index (χ3n) is 5.73. The van der Waals surface area contributed by atoms with Crippen LogP contribution in [-0.2, 0) is 4.74 Å². The van der Waals surface area contributed by atoms with Gasteiger partial charge < -0.3 is 9.22 Å². The maximum atomic E-state index is 12.5. The molecule has 3 aliphatic heterocycles. The molecule has 4 nitrogen and oxygen atoms in total. The van der Waals surface area contributed by atoms with E-state index in [-0.39, 0.29) is 12.2 Å². The fourth-order valence-corrected chi connectivity index (χ4v) is 4.22. The van der Waals surface area contributed by atoms with Gasteiger partial charge in [0.05, 0.1) is 25.8 Å².